The van der Waals surface area contributed by atoms with Crippen molar-refractivity contribution in [2.75, 3.05) is 6.54 Å². The Kier molecular flexibility index (Phi) is 4.12. The van der Waals surface area contributed by atoms with Gasteiger partial charge in [0.2, 0.25) is 0 Å². The van der Waals surface area contributed by atoms with Crippen molar-refractivity contribution in [3.8, 4) is 0 Å². The fraction of sp³-hybridized carbons (Fsp3) is 0.231. The van der Waals surface area contributed by atoms with Crippen molar-refractivity contribution in [2.45, 2.75) is 23.4 Å². The molecule has 2 rings (SSSR count). The second-order valence-corrected chi connectivity index (χ2v) is 4.87. The molecule has 1 aromatic heterocycles. The maximum Gasteiger partial charge on any atom is 0.192 e. The van der Waals surface area contributed by atoms with E-state index in [2.05, 4.69) is 35.1 Å². The van der Waals surface area contributed by atoms with Gasteiger partial charge >= 0.3 is 0 Å². The zero-order valence-corrected chi connectivity index (χ0v) is 10.6. The minimum absolute atomic E-state index is 0.633. The molecule has 0 saturated heterocycles. The molecule has 4 heteroatoms. The number of hydrogen-bond acceptors (Lipinski definition) is 4. The van der Waals surface area contributed by atoms with E-state index in [-0.39, 0.29) is 0 Å². The normalized spacial score (nSPS) is 10.5. The molecule has 1 heterocycles. The Hall–Kier alpha value is -1.39. The molecule has 0 amide bonds. The topological polar surface area (TPSA) is 51.8 Å². The fourth-order valence-electron chi connectivity index (χ4n) is 1.48. The van der Waals surface area contributed by atoms with Gasteiger partial charge in [-0.25, -0.2) is 9.97 Å². The van der Waals surface area contributed by atoms with Gasteiger partial charge in [-0.15, -0.1) is 0 Å². The van der Waals surface area contributed by atoms with Crippen LogP contribution in [0.3, 0.4) is 0 Å². The molecule has 0 radical (unpaired) electrons. The van der Waals surface area contributed by atoms with Crippen LogP contribution < -0.4 is 5.73 Å². The van der Waals surface area contributed by atoms with E-state index >= 15 is 0 Å². The van der Waals surface area contributed by atoms with Crippen molar-refractivity contribution in [1.29, 1.82) is 0 Å². The molecule has 0 atom stereocenters. The molecule has 0 aliphatic carbocycles. The van der Waals surface area contributed by atoms with Crippen LogP contribution in [0.4, 0.5) is 0 Å². The number of benzene rings is 1. The molecule has 0 spiro atoms. The number of rotatable bonds is 4. The third kappa shape index (κ3) is 3.54. The summed E-state index contributed by atoms with van der Waals surface area (Å²) in [5.41, 5.74) is 7.81. The number of aryl methyl sites for hydroxylation is 1. The summed E-state index contributed by atoms with van der Waals surface area (Å²) in [6.07, 6.45) is 4.52. The van der Waals surface area contributed by atoms with Crippen molar-refractivity contribution in [2.24, 2.45) is 5.73 Å². The predicted molar refractivity (Wildman–Crippen MR) is 70.1 cm³/mol. The first-order valence-corrected chi connectivity index (χ1v) is 6.35. The second-order valence-electron chi connectivity index (χ2n) is 3.83. The van der Waals surface area contributed by atoms with Crippen molar-refractivity contribution < 1.29 is 0 Å². The zero-order chi connectivity index (χ0) is 12.1. The summed E-state index contributed by atoms with van der Waals surface area (Å²) in [4.78, 5) is 9.80. The van der Waals surface area contributed by atoms with Gasteiger partial charge in [-0.05, 0) is 49.3 Å². The third-order valence-electron chi connectivity index (χ3n) is 2.31. The molecule has 2 N–H and O–H groups in total. The molecule has 1 aromatic carbocycles. The molecule has 17 heavy (non-hydrogen) atoms. The van der Waals surface area contributed by atoms with Crippen LogP contribution in [0, 0.1) is 6.92 Å². The Morgan fingerprint density at radius 3 is 2.65 bits per heavy atom. The highest BCUT2D eigenvalue weighted by Crippen LogP contribution is 2.24. The number of aromatic nitrogens is 2. The molecule has 88 valence electrons. The van der Waals surface area contributed by atoms with Crippen molar-refractivity contribution in [3.05, 3.63) is 47.8 Å². The summed E-state index contributed by atoms with van der Waals surface area (Å²) < 4.78 is 0. The van der Waals surface area contributed by atoms with E-state index in [0.29, 0.717) is 6.54 Å². The van der Waals surface area contributed by atoms with E-state index in [1.54, 1.807) is 11.8 Å². The number of nitrogens with two attached hydrogens (primary N) is 1. The first-order chi connectivity index (χ1) is 8.28. The van der Waals surface area contributed by atoms with Gasteiger partial charge in [-0.2, -0.15) is 0 Å². The van der Waals surface area contributed by atoms with Gasteiger partial charge in [0.15, 0.2) is 5.16 Å². The molecule has 0 saturated carbocycles. The molecule has 3 nitrogen and oxygen atoms in total. The highest BCUT2D eigenvalue weighted by Gasteiger charge is 2.01. The Morgan fingerprint density at radius 1 is 1.24 bits per heavy atom. The van der Waals surface area contributed by atoms with Crippen LogP contribution in [-0.2, 0) is 6.42 Å². The minimum atomic E-state index is 0.633. The van der Waals surface area contributed by atoms with E-state index in [4.69, 9.17) is 5.73 Å². The summed E-state index contributed by atoms with van der Waals surface area (Å²) in [5, 5.41) is 0.774. The molecule has 2 aromatic rings. The van der Waals surface area contributed by atoms with Crippen LogP contribution in [-0.4, -0.2) is 16.5 Å². The van der Waals surface area contributed by atoms with Gasteiger partial charge in [0, 0.05) is 17.3 Å². The van der Waals surface area contributed by atoms with Crippen LogP contribution in [0.1, 0.15) is 11.1 Å². The largest absolute Gasteiger partial charge is 0.330 e. The average molecular weight is 245 g/mol. The predicted octanol–water partition coefficient (Wildman–Crippen LogP) is 2.44. The lowest BCUT2D eigenvalue weighted by Crippen LogP contribution is -2.03. The Morgan fingerprint density at radius 2 is 2.00 bits per heavy atom. The van der Waals surface area contributed by atoms with E-state index in [1.807, 2.05) is 18.5 Å². The Bertz CT molecular complexity index is 482. The molecule has 0 bridgehead atoms. The summed E-state index contributed by atoms with van der Waals surface area (Å²) >= 11 is 1.58. The monoisotopic (exact) mass is 245 g/mol. The first-order valence-electron chi connectivity index (χ1n) is 5.53. The maximum absolute atomic E-state index is 5.48. The summed E-state index contributed by atoms with van der Waals surface area (Å²) in [6.45, 7) is 2.71. The number of hydrogen-bond donors (Lipinski definition) is 1. The first kappa shape index (κ1) is 12.1. The standard InChI is InChI=1S/C13H15N3S/c1-10-3-2-4-12(7-10)17-13-15-8-11(5-6-14)9-16-13/h2-4,7-9H,5-6,14H2,1H3. The second kappa shape index (κ2) is 5.80. The van der Waals surface area contributed by atoms with Crippen LogP contribution in [0.25, 0.3) is 0 Å². The quantitative estimate of drug-likeness (QED) is 0.841. The molecule has 0 aliphatic heterocycles. The lowest BCUT2D eigenvalue weighted by atomic mass is 10.2. The smallest absolute Gasteiger partial charge is 0.192 e. The minimum Gasteiger partial charge on any atom is -0.330 e. The van der Waals surface area contributed by atoms with Gasteiger partial charge in [0.25, 0.3) is 0 Å². The Balaban J connectivity index is 2.08. The molecular formula is C13H15N3S. The van der Waals surface area contributed by atoms with Gasteiger partial charge in [0.05, 0.1) is 0 Å². The van der Waals surface area contributed by atoms with Crippen molar-refractivity contribution in [1.82, 2.24) is 9.97 Å². The van der Waals surface area contributed by atoms with Crippen LogP contribution in [0.5, 0.6) is 0 Å². The summed E-state index contributed by atoms with van der Waals surface area (Å²) in [6, 6.07) is 8.31. The SMILES string of the molecule is Cc1cccc(Sc2ncc(CCN)cn2)c1. The van der Waals surface area contributed by atoms with Crippen LogP contribution in [0.2, 0.25) is 0 Å². The Labute approximate surface area is 105 Å². The maximum atomic E-state index is 5.48. The third-order valence-corrected chi connectivity index (χ3v) is 3.20. The fourth-order valence-corrected chi connectivity index (χ4v) is 2.29. The highest BCUT2D eigenvalue weighted by molar-refractivity contribution is 7.99. The van der Waals surface area contributed by atoms with E-state index in [1.165, 1.54) is 5.56 Å². The molecular weight excluding hydrogens is 230 g/mol. The lowest BCUT2D eigenvalue weighted by molar-refractivity contribution is 0.890. The van der Waals surface area contributed by atoms with Gasteiger partial charge in [-0.1, -0.05) is 17.7 Å². The van der Waals surface area contributed by atoms with Crippen molar-refractivity contribution in [3.63, 3.8) is 0 Å². The van der Waals surface area contributed by atoms with Crippen LogP contribution >= 0.6 is 11.8 Å². The van der Waals surface area contributed by atoms with E-state index < -0.39 is 0 Å². The molecule has 0 aliphatic rings. The number of nitrogens with zero attached hydrogens (tertiary/aromatic N) is 2. The molecule has 0 fully saturated rings. The van der Waals surface area contributed by atoms with Gasteiger partial charge < -0.3 is 5.73 Å². The van der Waals surface area contributed by atoms with E-state index in [0.717, 1.165) is 22.0 Å². The lowest BCUT2D eigenvalue weighted by Gasteiger charge is -2.02. The molecule has 0 unspecified atom stereocenters. The van der Waals surface area contributed by atoms with Crippen LogP contribution in [0.15, 0.2) is 46.7 Å². The summed E-state index contributed by atoms with van der Waals surface area (Å²) in [7, 11) is 0. The zero-order valence-electron chi connectivity index (χ0n) is 9.76. The van der Waals surface area contributed by atoms with Gasteiger partial charge in [0.1, 0.15) is 0 Å². The average Bonchev–Trinajstić information content (AvgIpc) is 2.32. The van der Waals surface area contributed by atoms with E-state index in [9.17, 15) is 0 Å². The van der Waals surface area contributed by atoms with Gasteiger partial charge in [-0.3, -0.25) is 0 Å². The summed E-state index contributed by atoms with van der Waals surface area (Å²) in [5.74, 6) is 0. The van der Waals surface area contributed by atoms with Crippen molar-refractivity contribution >= 4 is 11.8 Å². The highest BCUT2D eigenvalue weighted by atomic mass is 32.2.